The molecule has 1 unspecified atom stereocenters. The highest BCUT2D eigenvalue weighted by molar-refractivity contribution is 9.10. The van der Waals surface area contributed by atoms with Crippen LogP contribution in [0.15, 0.2) is 59.2 Å². The van der Waals surface area contributed by atoms with Crippen LogP contribution in [0.25, 0.3) is 10.9 Å². The summed E-state index contributed by atoms with van der Waals surface area (Å²) in [4.78, 5) is 4.52. The van der Waals surface area contributed by atoms with Crippen molar-refractivity contribution in [2.24, 2.45) is 5.84 Å². The van der Waals surface area contributed by atoms with Gasteiger partial charge in [-0.2, -0.15) is 0 Å². The van der Waals surface area contributed by atoms with E-state index in [1.54, 1.807) is 0 Å². The molecule has 3 aromatic rings. The van der Waals surface area contributed by atoms with Crippen LogP contribution in [0.3, 0.4) is 0 Å². The van der Waals surface area contributed by atoms with Gasteiger partial charge in [-0.05, 0) is 24.6 Å². The van der Waals surface area contributed by atoms with E-state index < -0.39 is 0 Å². The molecule has 4 heteroatoms. The second-order valence-electron chi connectivity index (χ2n) is 5.05. The molecule has 3 N–H and O–H groups in total. The van der Waals surface area contributed by atoms with Crippen molar-refractivity contribution >= 4 is 26.8 Å². The summed E-state index contributed by atoms with van der Waals surface area (Å²) in [6, 6.07) is 16.3. The first-order chi connectivity index (χ1) is 10.2. The van der Waals surface area contributed by atoms with Crippen LogP contribution >= 0.6 is 15.9 Å². The Bertz CT molecular complexity index is 781. The Morgan fingerprint density at radius 3 is 2.71 bits per heavy atom. The van der Waals surface area contributed by atoms with E-state index in [1.165, 1.54) is 5.56 Å². The van der Waals surface area contributed by atoms with E-state index in [4.69, 9.17) is 5.84 Å². The summed E-state index contributed by atoms with van der Waals surface area (Å²) >= 11 is 3.62. The number of fused-ring (bicyclic) bond motifs is 1. The van der Waals surface area contributed by atoms with Crippen LogP contribution in [-0.4, -0.2) is 4.98 Å². The normalized spacial score (nSPS) is 12.5. The van der Waals surface area contributed by atoms with Gasteiger partial charge in [0.25, 0.3) is 0 Å². The Kier molecular flexibility index (Phi) is 4.01. The second kappa shape index (κ2) is 5.93. The molecule has 1 atom stereocenters. The van der Waals surface area contributed by atoms with Gasteiger partial charge in [0.15, 0.2) is 0 Å². The predicted molar refractivity (Wildman–Crippen MR) is 89.8 cm³/mol. The molecule has 0 bridgehead atoms. The largest absolute Gasteiger partial charge is 0.271 e. The summed E-state index contributed by atoms with van der Waals surface area (Å²) in [5.74, 6) is 5.85. The first kappa shape index (κ1) is 14.2. The van der Waals surface area contributed by atoms with Crippen LogP contribution in [0.5, 0.6) is 0 Å². The van der Waals surface area contributed by atoms with Crippen molar-refractivity contribution in [3.05, 3.63) is 75.9 Å². The number of rotatable bonds is 3. The van der Waals surface area contributed by atoms with Crippen molar-refractivity contribution in [1.82, 2.24) is 10.4 Å². The third-order valence-electron chi connectivity index (χ3n) is 3.60. The molecule has 0 aliphatic rings. The second-order valence-corrected chi connectivity index (χ2v) is 5.90. The molecule has 0 amide bonds. The highest BCUT2D eigenvalue weighted by atomic mass is 79.9. The minimum Gasteiger partial charge on any atom is -0.271 e. The third-order valence-corrected chi connectivity index (χ3v) is 4.33. The quantitative estimate of drug-likeness (QED) is 0.561. The van der Waals surface area contributed by atoms with Gasteiger partial charge < -0.3 is 0 Å². The molecule has 3 nitrogen and oxygen atoms in total. The van der Waals surface area contributed by atoms with Crippen LogP contribution in [0.2, 0.25) is 0 Å². The average Bonchev–Trinajstić information content (AvgIpc) is 2.51. The maximum absolute atomic E-state index is 5.85. The standard InChI is InChI=1S/C17H16BrN3/c1-11-7-8-15(18)14(10-11)17(21-19)13-6-2-4-12-5-3-9-20-16(12)13/h2-10,17,21H,19H2,1H3. The van der Waals surface area contributed by atoms with Crippen LogP contribution in [0.4, 0.5) is 0 Å². The van der Waals surface area contributed by atoms with E-state index in [1.807, 2.05) is 24.4 Å². The minimum absolute atomic E-state index is 0.113. The maximum Gasteiger partial charge on any atom is 0.0753 e. The van der Waals surface area contributed by atoms with Gasteiger partial charge in [0.1, 0.15) is 0 Å². The van der Waals surface area contributed by atoms with E-state index in [9.17, 15) is 0 Å². The van der Waals surface area contributed by atoms with E-state index >= 15 is 0 Å². The monoisotopic (exact) mass is 341 g/mol. The lowest BCUT2D eigenvalue weighted by molar-refractivity contribution is 0.637. The molecular formula is C17H16BrN3. The fraction of sp³-hybridized carbons (Fsp3) is 0.118. The van der Waals surface area contributed by atoms with E-state index in [2.05, 4.69) is 63.6 Å². The zero-order chi connectivity index (χ0) is 14.8. The molecule has 0 aliphatic carbocycles. The molecule has 0 fully saturated rings. The van der Waals surface area contributed by atoms with Crippen molar-refractivity contribution < 1.29 is 0 Å². The van der Waals surface area contributed by atoms with E-state index in [-0.39, 0.29) is 6.04 Å². The Morgan fingerprint density at radius 1 is 1.10 bits per heavy atom. The van der Waals surface area contributed by atoms with Crippen molar-refractivity contribution in [3.63, 3.8) is 0 Å². The molecule has 1 aromatic heterocycles. The Labute approximate surface area is 132 Å². The number of nitrogens with two attached hydrogens (primary N) is 1. The topological polar surface area (TPSA) is 50.9 Å². The molecule has 3 rings (SSSR count). The number of para-hydroxylation sites is 1. The summed E-state index contributed by atoms with van der Waals surface area (Å²) in [5.41, 5.74) is 7.27. The molecule has 1 heterocycles. The van der Waals surface area contributed by atoms with Crippen molar-refractivity contribution in [2.45, 2.75) is 13.0 Å². The SMILES string of the molecule is Cc1ccc(Br)c(C(NN)c2cccc3cccnc23)c1. The fourth-order valence-corrected chi connectivity index (χ4v) is 3.07. The zero-order valence-electron chi connectivity index (χ0n) is 11.7. The molecular weight excluding hydrogens is 326 g/mol. The zero-order valence-corrected chi connectivity index (χ0v) is 13.3. The van der Waals surface area contributed by atoms with Crippen molar-refractivity contribution in [3.8, 4) is 0 Å². The number of hydrogen-bond donors (Lipinski definition) is 2. The van der Waals surface area contributed by atoms with Gasteiger partial charge in [0.05, 0.1) is 11.6 Å². The first-order valence-corrected chi connectivity index (χ1v) is 7.56. The van der Waals surface area contributed by atoms with Gasteiger partial charge in [-0.25, -0.2) is 5.43 Å². The van der Waals surface area contributed by atoms with Gasteiger partial charge in [-0.15, -0.1) is 0 Å². The molecule has 0 spiro atoms. The Hall–Kier alpha value is -1.75. The molecule has 21 heavy (non-hydrogen) atoms. The maximum atomic E-state index is 5.85. The molecule has 2 aromatic carbocycles. The lowest BCUT2D eigenvalue weighted by Gasteiger charge is -2.20. The Balaban J connectivity index is 2.21. The molecule has 0 aliphatic heterocycles. The lowest BCUT2D eigenvalue weighted by Crippen LogP contribution is -2.29. The smallest absolute Gasteiger partial charge is 0.0753 e. The van der Waals surface area contributed by atoms with Crippen LogP contribution < -0.4 is 11.3 Å². The minimum atomic E-state index is -0.113. The van der Waals surface area contributed by atoms with Crippen molar-refractivity contribution in [2.75, 3.05) is 0 Å². The van der Waals surface area contributed by atoms with E-state index in [0.29, 0.717) is 0 Å². The molecule has 0 saturated carbocycles. The van der Waals surface area contributed by atoms with Crippen LogP contribution in [0, 0.1) is 6.92 Å². The summed E-state index contributed by atoms with van der Waals surface area (Å²) < 4.78 is 1.03. The number of nitrogens with one attached hydrogen (secondary N) is 1. The number of aryl methyl sites for hydroxylation is 1. The lowest BCUT2D eigenvalue weighted by atomic mass is 9.96. The number of benzene rings is 2. The summed E-state index contributed by atoms with van der Waals surface area (Å²) in [6.45, 7) is 2.07. The summed E-state index contributed by atoms with van der Waals surface area (Å²) in [6.07, 6.45) is 1.81. The molecule has 0 radical (unpaired) electrons. The van der Waals surface area contributed by atoms with Crippen LogP contribution in [-0.2, 0) is 0 Å². The third kappa shape index (κ3) is 2.70. The first-order valence-electron chi connectivity index (χ1n) is 6.76. The number of aromatic nitrogens is 1. The number of pyridine rings is 1. The van der Waals surface area contributed by atoms with Gasteiger partial charge in [0, 0.05) is 21.6 Å². The fourth-order valence-electron chi connectivity index (χ4n) is 2.59. The van der Waals surface area contributed by atoms with Gasteiger partial charge in [-0.1, -0.05) is 57.9 Å². The summed E-state index contributed by atoms with van der Waals surface area (Å²) in [5, 5.41) is 1.11. The highest BCUT2D eigenvalue weighted by Crippen LogP contribution is 2.32. The number of nitrogens with zero attached hydrogens (tertiary/aromatic N) is 1. The Morgan fingerprint density at radius 2 is 1.90 bits per heavy atom. The van der Waals surface area contributed by atoms with Crippen LogP contribution in [0.1, 0.15) is 22.7 Å². The average molecular weight is 342 g/mol. The molecule has 106 valence electrons. The van der Waals surface area contributed by atoms with Crippen molar-refractivity contribution in [1.29, 1.82) is 0 Å². The van der Waals surface area contributed by atoms with Gasteiger partial charge >= 0.3 is 0 Å². The van der Waals surface area contributed by atoms with Gasteiger partial charge in [-0.3, -0.25) is 10.8 Å². The highest BCUT2D eigenvalue weighted by Gasteiger charge is 2.18. The van der Waals surface area contributed by atoms with Gasteiger partial charge in [0.2, 0.25) is 0 Å². The molecule has 0 saturated heterocycles. The van der Waals surface area contributed by atoms with E-state index in [0.717, 1.165) is 26.5 Å². The number of hydrazine groups is 1. The number of hydrogen-bond acceptors (Lipinski definition) is 3. The summed E-state index contributed by atoms with van der Waals surface area (Å²) in [7, 11) is 0. The predicted octanol–water partition coefficient (Wildman–Crippen LogP) is 3.86. The number of halogens is 1.